The average Bonchev–Trinajstić information content (AvgIpc) is 2.43. The van der Waals surface area contributed by atoms with E-state index in [1.165, 1.54) is 0 Å². The van der Waals surface area contributed by atoms with Crippen molar-refractivity contribution >= 4 is 11.8 Å². The molecule has 4 heteroatoms. The molecule has 0 aliphatic carbocycles. The third-order valence-electron chi connectivity index (χ3n) is 4.26. The molecule has 20 heavy (non-hydrogen) atoms. The van der Waals surface area contributed by atoms with Gasteiger partial charge in [0.1, 0.15) is 12.1 Å². The number of carbonyl (C=O) groups excluding carboxylic acids is 2. The third kappa shape index (κ3) is 3.97. The molecule has 0 radical (unpaired) electrons. The lowest BCUT2D eigenvalue weighted by molar-refractivity contribution is -0.151. The second-order valence-electron chi connectivity index (χ2n) is 5.92. The number of nitrogens with zero attached hydrogens (tertiary/aromatic N) is 1. The summed E-state index contributed by atoms with van der Waals surface area (Å²) in [6.45, 7) is 9.04. The average molecular weight is 282 g/mol. The van der Waals surface area contributed by atoms with Crippen LogP contribution in [0.5, 0.6) is 0 Å². The van der Waals surface area contributed by atoms with Crippen molar-refractivity contribution in [3.63, 3.8) is 0 Å². The van der Waals surface area contributed by atoms with Crippen molar-refractivity contribution in [1.82, 2.24) is 10.2 Å². The van der Waals surface area contributed by atoms with Gasteiger partial charge in [-0.3, -0.25) is 9.59 Å². The maximum absolute atomic E-state index is 12.6. The quantitative estimate of drug-likeness (QED) is 0.696. The van der Waals surface area contributed by atoms with Crippen molar-refractivity contribution in [1.29, 1.82) is 0 Å². The van der Waals surface area contributed by atoms with Crippen LogP contribution in [0.3, 0.4) is 0 Å². The summed E-state index contributed by atoms with van der Waals surface area (Å²) in [6, 6.07) is -0.591. The van der Waals surface area contributed by atoms with Gasteiger partial charge in [-0.25, -0.2) is 0 Å². The fraction of sp³-hybridized carbons (Fsp3) is 0.875. The van der Waals surface area contributed by atoms with Crippen molar-refractivity contribution in [2.75, 3.05) is 6.54 Å². The van der Waals surface area contributed by atoms with Gasteiger partial charge in [0.05, 0.1) is 0 Å². The molecule has 0 aromatic carbocycles. The maximum atomic E-state index is 12.6. The minimum atomic E-state index is -0.311. The van der Waals surface area contributed by atoms with Crippen LogP contribution in [0.25, 0.3) is 0 Å². The molecule has 116 valence electrons. The molecule has 3 unspecified atom stereocenters. The van der Waals surface area contributed by atoms with Crippen molar-refractivity contribution < 1.29 is 9.59 Å². The van der Waals surface area contributed by atoms with E-state index >= 15 is 0 Å². The van der Waals surface area contributed by atoms with Gasteiger partial charge in [-0.2, -0.15) is 0 Å². The van der Waals surface area contributed by atoms with Crippen LogP contribution >= 0.6 is 0 Å². The number of rotatable bonds is 8. The van der Waals surface area contributed by atoms with Crippen LogP contribution < -0.4 is 5.32 Å². The standard InChI is InChI=1S/C16H30N2O2/c1-5-8-9-11-18-14(12(4)7-3)15(19)17-13(10-6-2)16(18)20/h12-14H,5-11H2,1-4H3,(H,17,19). The van der Waals surface area contributed by atoms with E-state index < -0.39 is 0 Å². The van der Waals surface area contributed by atoms with Crippen LogP contribution in [0.1, 0.15) is 66.2 Å². The summed E-state index contributed by atoms with van der Waals surface area (Å²) in [6.07, 6.45) is 5.78. The van der Waals surface area contributed by atoms with E-state index in [-0.39, 0.29) is 29.8 Å². The Bertz CT molecular complexity index is 330. The predicted octanol–water partition coefficient (Wildman–Crippen LogP) is 2.72. The Balaban J connectivity index is 2.85. The lowest BCUT2D eigenvalue weighted by atomic mass is 9.92. The van der Waals surface area contributed by atoms with Gasteiger partial charge < -0.3 is 10.2 Å². The topological polar surface area (TPSA) is 49.4 Å². The van der Waals surface area contributed by atoms with Gasteiger partial charge in [0.15, 0.2) is 0 Å². The van der Waals surface area contributed by atoms with Gasteiger partial charge in [-0.1, -0.05) is 53.4 Å². The molecule has 4 nitrogen and oxygen atoms in total. The highest BCUT2D eigenvalue weighted by atomic mass is 16.2. The Labute approximate surface area is 123 Å². The monoisotopic (exact) mass is 282 g/mol. The number of unbranched alkanes of at least 4 members (excludes halogenated alkanes) is 2. The van der Waals surface area contributed by atoms with E-state index in [9.17, 15) is 9.59 Å². The van der Waals surface area contributed by atoms with Gasteiger partial charge in [0, 0.05) is 6.54 Å². The fourth-order valence-electron chi connectivity index (χ4n) is 2.85. The molecular formula is C16H30N2O2. The lowest BCUT2D eigenvalue weighted by Gasteiger charge is -2.41. The Hall–Kier alpha value is -1.06. The van der Waals surface area contributed by atoms with Crippen LogP contribution in [0.4, 0.5) is 0 Å². The normalized spacial score (nSPS) is 24.7. The molecule has 1 aliphatic rings. The van der Waals surface area contributed by atoms with Gasteiger partial charge in [-0.15, -0.1) is 0 Å². The molecular weight excluding hydrogens is 252 g/mol. The molecule has 0 saturated carbocycles. The Morgan fingerprint density at radius 1 is 1.15 bits per heavy atom. The largest absolute Gasteiger partial charge is 0.342 e. The van der Waals surface area contributed by atoms with Crippen molar-refractivity contribution in [3.8, 4) is 0 Å². The van der Waals surface area contributed by atoms with Gasteiger partial charge in [0.25, 0.3) is 0 Å². The molecule has 1 N–H and O–H groups in total. The zero-order valence-corrected chi connectivity index (χ0v) is 13.4. The van der Waals surface area contributed by atoms with Gasteiger partial charge in [-0.05, 0) is 18.8 Å². The first-order valence-electron chi connectivity index (χ1n) is 8.17. The predicted molar refractivity (Wildman–Crippen MR) is 81.3 cm³/mol. The first kappa shape index (κ1) is 17.0. The van der Waals surface area contributed by atoms with E-state index in [2.05, 4.69) is 26.1 Å². The number of amides is 2. The summed E-state index contributed by atoms with van der Waals surface area (Å²) in [7, 11) is 0. The minimum Gasteiger partial charge on any atom is -0.342 e. The number of nitrogens with one attached hydrogen (secondary N) is 1. The Kier molecular flexibility index (Phi) is 7.03. The summed E-state index contributed by atoms with van der Waals surface area (Å²) in [5.74, 6) is 0.366. The SMILES string of the molecule is CCCCCN1C(=O)C(CCC)NC(=O)C1C(C)CC. The molecule has 1 aliphatic heterocycles. The van der Waals surface area contributed by atoms with Crippen LogP contribution in [-0.4, -0.2) is 35.3 Å². The van der Waals surface area contributed by atoms with E-state index in [1.54, 1.807) is 0 Å². The molecule has 0 aromatic heterocycles. The van der Waals surface area contributed by atoms with Crippen LogP contribution in [0, 0.1) is 5.92 Å². The molecule has 2 amide bonds. The number of hydrogen-bond acceptors (Lipinski definition) is 2. The fourth-order valence-corrected chi connectivity index (χ4v) is 2.85. The molecule has 0 aromatic rings. The smallest absolute Gasteiger partial charge is 0.245 e. The number of piperazine rings is 1. The molecule has 3 atom stereocenters. The molecule has 0 spiro atoms. The highest BCUT2D eigenvalue weighted by Crippen LogP contribution is 2.22. The second kappa shape index (κ2) is 8.28. The van der Waals surface area contributed by atoms with Gasteiger partial charge >= 0.3 is 0 Å². The van der Waals surface area contributed by atoms with Crippen molar-refractivity contribution in [2.24, 2.45) is 5.92 Å². The highest BCUT2D eigenvalue weighted by Gasteiger charge is 2.41. The molecule has 0 bridgehead atoms. The summed E-state index contributed by atoms with van der Waals surface area (Å²) in [5, 5.41) is 2.92. The van der Waals surface area contributed by atoms with E-state index in [0.29, 0.717) is 0 Å². The molecule has 1 saturated heterocycles. The second-order valence-corrected chi connectivity index (χ2v) is 5.92. The first-order valence-corrected chi connectivity index (χ1v) is 8.17. The maximum Gasteiger partial charge on any atom is 0.245 e. The van der Waals surface area contributed by atoms with Crippen molar-refractivity contribution in [3.05, 3.63) is 0 Å². The van der Waals surface area contributed by atoms with E-state index in [0.717, 1.165) is 45.1 Å². The Morgan fingerprint density at radius 2 is 1.85 bits per heavy atom. The van der Waals surface area contributed by atoms with E-state index in [4.69, 9.17) is 0 Å². The third-order valence-corrected chi connectivity index (χ3v) is 4.26. The summed E-state index contributed by atoms with van der Waals surface area (Å²) < 4.78 is 0. The summed E-state index contributed by atoms with van der Waals surface area (Å²) >= 11 is 0. The number of hydrogen-bond donors (Lipinski definition) is 1. The van der Waals surface area contributed by atoms with Crippen LogP contribution in [-0.2, 0) is 9.59 Å². The molecule has 1 heterocycles. The summed E-state index contributed by atoms with van der Waals surface area (Å²) in [4.78, 5) is 26.8. The van der Waals surface area contributed by atoms with E-state index in [1.807, 2.05) is 11.8 Å². The van der Waals surface area contributed by atoms with Gasteiger partial charge in [0.2, 0.25) is 11.8 Å². The zero-order valence-electron chi connectivity index (χ0n) is 13.4. The van der Waals surface area contributed by atoms with Crippen molar-refractivity contribution in [2.45, 2.75) is 78.3 Å². The first-order chi connectivity index (χ1) is 9.56. The molecule has 1 rings (SSSR count). The Morgan fingerprint density at radius 3 is 2.40 bits per heavy atom. The molecule has 1 fully saturated rings. The van der Waals surface area contributed by atoms with Crippen LogP contribution in [0.2, 0.25) is 0 Å². The lowest BCUT2D eigenvalue weighted by Crippen LogP contribution is -2.65. The zero-order chi connectivity index (χ0) is 15.1. The highest BCUT2D eigenvalue weighted by molar-refractivity contribution is 5.97. The number of carbonyl (C=O) groups is 2. The van der Waals surface area contributed by atoms with Crippen LogP contribution in [0.15, 0.2) is 0 Å². The summed E-state index contributed by atoms with van der Waals surface area (Å²) in [5.41, 5.74) is 0. The minimum absolute atomic E-state index is 0.0360.